The fourth-order valence-corrected chi connectivity index (χ4v) is 2.59. The van der Waals surface area contributed by atoms with Gasteiger partial charge in [-0.2, -0.15) is 0 Å². The zero-order valence-corrected chi connectivity index (χ0v) is 11.2. The molecule has 1 aromatic carbocycles. The molecule has 1 fully saturated rings. The first-order chi connectivity index (χ1) is 9.11. The van der Waals surface area contributed by atoms with E-state index in [0.29, 0.717) is 5.56 Å². The molecular weight excluding hydrogens is 244 g/mol. The zero-order chi connectivity index (χ0) is 13.8. The van der Waals surface area contributed by atoms with Gasteiger partial charge in [0.25, 0.3) is 5.69 Å². The van der Waals surface area contributed by atoms with Crippen molar-refractivity contribution in [2.45, 2.75) is 32.8 Å². The predicted octanol–water partition coefficient (Wildman–Crippen LogP) is 2.71. The Morgan fingerprint density at radius 1 is 1.42 bits per heavy atom. The third kappa shape index (κ3) is 3.23. The first-order valence-corrected chi connectivity index (χ1v) is 6.75. The summed E-state index contributed by atoms with van der Waals surface area (Å²) in [5.74, 6) is 0.736. The Bertz CT molecular complexity index is 462. The Morgan fingerprint density at radius 3 is 2.89 bits per heavy atom. The monoisotopic (exact) mass is 264 g/mol. The third-order valence-corrected chi connectivity index (χ3v) is 3.81. The van der Waals surface area contributed by atoms with Crippen LogP contribution in [0.25, 0.3) is 0 Å². The third-order valence-electron chi connectivity index (χ3n) is 3.81. The lowest BCUT2D eigenvalue weighted by atomic mass is 10.0. The van der Waals surface area contributed by atoms with Gasteiger partial charge in [-0.05, 0) is 37.3 Å². The van der Waals surface area contributed by atoms with Crippen molar-refractivity contribution in [1.82, 2.24) is 0 Å². The molecule has 0 bridgehead atoms. The molecule has 0 amide bonds. The summed E-state index contributed by atoms with van der Waals surface area (Å²) in [6.45, 7) is 3.92. The number of hydrogen-bond acceptors (Lipinski definition) is 4. The summed E-state index contributed by atoms with van der Waals surface area (Å²) in [4.78, 5) is 12.7. The molecule has 1 saturated heterocycles. The highest BCUT2D eigenvalue weighted by molar-refractivity contribution is 5.55. The smallest absolute Gasteiger partial charge is 0.275 e. The fourth-order valence-electron chi connectivity index (χ4n) is 2.59. The van der Waals surface area contributed by atoms with Gasteiger partial charge < -0.3 is 10.0 Å². The second-order valence-corrected chi connectivity index (χ2v) is 5.25. The highest BCUT2D eigenvalue weighted by Gasteiger charge is 2.18. The fraction of sp³-hybridized carbons (Fsp3) is 0.571. The molecule has 1 N–H and O–H groups in total. The van der Waals surface area contributed by atoms with Crippen LogP contribution >= 0.6 is 0 Å². The van der Waals surface area contributed by atoms with E-state index in [1.807, 2.05) is 0 Å². The molecule has 0 saturated carbocycles. The number of nitro groups is 1. The minimum atomic E-state index is -0.445. The van der Waals surface area contributed by atoms with Crippen LogP contribution in [-0.2, 0) is 6.61 Å². The maximum atomic E-state index is 10.8. The highest BCUT2D eigenvalue weighted by atomic mass is 16.6. The molecule has 1 aromatic rings. The van der Waals surface area contributed by atoms with E-state index in [-0.39, 0.29) is 12.3 Å². The van der Waals surface area contributed by atoms with Crippen LogP contribution in [0, 0.1) is 16.0 Å². The molecule has 0 spiro atoms. The van der Waals surface area contributed by atoms with Crippen molar-refractivity contribution >= 4 is 11.4 Å². The normalized spacial score (nSPS) is 20.1. The van der Waals surface area contributed by atoms with E-state index in [1.165, 1.54) is 12.5 Å². The molecule has 0 aliphatic carbocycles. The molecule has 0 aromatic heterocycles. The Balaban J connectivity index is 2.22. The lowest BCUT2D eigenvalue weighted by Gasteiger charge is -2.23. The summed E-state index contributed by atoms with van der Waals surface area (Å²) in [5.41, 5.74) is 1.36. The quantitative estimate of drug-likeness (QED) is 0.673. The van der Waals surface area contributed by atoms with Crippen molar-refractivity contribution in [1.29, 1.82) is 0 Å². The van der Waals surface area contributed by atoms with Gasteiger partial charge in [0.2, 0.25) is 0 Å². The van der Waals surface area contributed by atoms with Crippen LogP contribution in [0.4, 0.5) is 11.4 Å². The zero-order valence-electron chi connectivity index (χ0n) is 11.2. The van der Waals surface area contributed by atoms with Crippen LogP contribution in [0.1, 0.15) is 31.7 Å². The van der Waals surface area contributed by atoms with Gasteiger partial charge in [-0.15, -0.1) is 0 Å². The molecule has 104 valence electrons. The number of nitro benzene ring substituents is 1. The maximum Gasteiger partial charge on any atom is 0.275 e. The van der Waals surface area contributed by atoms with Crippen LogP contribution in [0.15, 0.2) is 18.2 Å². The molecule has 5 heteroatoms. The van der Waals surface area contributed by atoms with Crippen LogP contribution in [-0.4, -0.2) is 23.1 Å². The molecule has 1 aliphatic rings. The number of hydrogen-bond donors (Lipinski definition) is 1. The first kappa shape index (κ1) is 13.8. The summed E-state index contributed by atoms with van der Waals surface area (Å²) in [6.07, 6.45) is 3.52. The Labute approximate surface area is 113 Å². The van der Waals surface area contributed by atoms with Crippen molar-refractivity contribution < 1.29 is 10.0 Å². The number of anilines is 1. The molecule has 0 radical (unpaired) electrons. The second-order valence-electron chi connectivity index (χ2n) is 5.25. The van der Waals surface area contributed by atoms with E-state index in [2.05, 4.69) is 11.8 Å². The molecule has 1 atom stereocenters. The molecule has 1 heterocycles. The molecule has 1 unspecified atom stereocenters. The van der Waals surface area contributed by atoms with Crippen molar-refractivity contribution in [3.8, 4) is 0 Å². The molecule has 1 aliphatic heterocycles. The van der Waals surface area contributed by atoms with Crippen LogP contribution < -0.4 is 4.90 Å². The Hall–Kier alpha value is -1.62. The number of nitrogens with zero attached hydrogens (tertiary/aromatic N) is 2. The highest BCUT2D eigenvalue weighted by Crippen LogP contribution is 2.27. The topological polar surface area (TPSA) is 66.6 Å². The average Bonchev–Trinajstić information content (AvgIpc) is 2.62. The molecule has 19 heavy (non-hydrogen) atoms. The van der Waals surface area contributed by atoms with Crippen molar-refractivity contribution in [3.63, 3.8) is 0 Å². The lowest BCUT2D eigenvalue weighted by molar-refractivity contribution is -0.385. The van der Waals surface area contributed by atoms with Gasteiger partial charge in [0.1, 0.15) is 0 Å². The average molecular weight is 264 g/mol. The Kier molecular flexibility index (Phi) is 4.37. The molecule has 2 rings (SSSR count). The minimum absolute atomic E-state index is 0.00515. The molecular formula is C14H20N2O3. The number of aliphatic hydroxyl groups excluding tert-OH is 1. The summed E-state index contributed by atoms with van der Waals surface area (Å²) < 4.78 is 0. The van der Waals surface area contributed by atoms with Gasteiger partial charge in [0.15, 0.2) is 0 Å². The van der Waals surface area contributed by atoms with Crippen LogP contribution in [0.2, 0.25) is 0 Å². The molecule has 5 nitrogen and oxygen atoms in total. The summed E-state index contributed by atoms with van der Waals surface area (Å²) >= 11 is 0. The van der Waals surface area contributed by atoms with Gasteiger partial charge >= 0.3 is 0 Å². The van der Waals surface area contributed by atoms with Gasteiger partial charge in [-0.3, -0.25) is 10.1 Å². The number of rotatable bonds is 3. The van der Waals surface area contributed by atoms with E-state index in [9.17, 15) is 15.2 Å². The van der Waals surface area contributed by atoms with E-state index < -0.39 is 4.92 Å². The van der Waals surface area contributed by atoms with Gasteiger partial charge in [-0.25, -0.2) is 0 Å². The van der Waals surface area contributed by atoms with Gasteiger partial charge in [-0.1, -0.05) is 6.92 Å². The first-order valence-electron chi connectivity index (χ1n) is 6.75. The van der Waals surface area contributed by atoms with Gasteiger partial charge in [0, 0.05) is 24.8 Å². The SMILES string of the molecule is CC1CCCN(c2ccc([N+](=O)[O-])c(CO)c2)CC1. The van der Waals surface area contributed by atoms with Crippen molar-refractivity contribution in [2.24, 2.45) is 5.92 Å². The van der Waals surface area contributed by atoms with E-state index in [0.717, 1.165) is 37.5 Å². The van der Waals surface area contributed by atoms with Gasteiger partial charge in [0.05, 0.1) is 17.1 Å². The Morgan fingerprint density at radius 2 is 2.21 bits per heavy atom. The minimum Gasteiger partial charge on any atom is -0.391 e. The summed E-state index contributed by atoms with van der Waals surface area (Å²) in [6, 6.07) is 5.02. The van der Waals surface area contributed by atoms with Crippen LogP contribution in [0.3, 0.4) is 0 Å². The predicted molar refractivity (Wildman–Crippen MR) is 74.2 cm³/mol. The lowest BCUT2D eigenvalue weighted by Crippen LogP contribution is -2.24. The van der Waals surface area contributed by atoms with Crippen LogP contribution in [0.5, 0.6) is 0 Å². The standard InChI is InChI=1S/C14H20N2O3/c1-11-3-2-7-15(8-6-11)13-4-5-14(16(18)19)12(9-13)10-17/h4-5,9,11,17H,2-3,6-8,10H2,1H3. The van der Waals surface area contributed by atoms with E-state index >= 15 is 0 Å². The van der Waals surface area contributed by atoms with E-state index in [1.54, 1.807) is 12.1 Å². The maximum absolute atomic E-state index is 10.8. The summed E-state index contributed by atoms with van der Waals surface area (Å²) in [5, 5.41) is 20.1. The van der Waals surface area contributed by atoms with Crippen molar-refractivity contribution in [2.75, 3.05) is 18.0 Å². The van der Waals surface area contributed by atoms with Crippen molar-refractivity contribution in [3.05, 3.63) is 33.9 Å². The second kappa shape index (κ2) is 6.02. The summed E-state index contributed by atoms with van der Waals surface area (Å²) in [7, 11) is 0. The number of aliphatic hydroxyl groups is 1. The largest absolute Gasteiger partial charge is 0.391 e. The van der Waals surface area contributed by atoms with E-state index in [4.69, 9.17) is 0 Å². The number of benzene rings is 1.